The first-order valence-corrected chi connectivity index (χ1v) is 6.90. The molecule has 0 atom stereocenters. The van der Waals surface area contributed by atoms with E-state index >= 15 is 0 Å². The van der Waals surface area contributed by atoms with Gasteiger partial charge in [-0.05, 0) is 34.0 Å². The lowest BCUT2D eigenvalue weighted by Crippen LogP contribution is -2.16. The number of methoxy groups -OCH3 is 2. The van der Waals surface area contributed by atoms with E-state index in [0.29, 0.717) is 33.9 Å². The summed E-state index contributed by atoms with van der Waals surface area (Å²) in [4.78, 5) is 12.2. The van der Waals surface area contributed by atoms with Crippen LogP contribution in [-0.2, 0) is 0 Å². The molecule has 0 aliphatic heterocycles. The van der Waals surface area contributed by atoms with Gasteiger partial charge in [-0.25, -0.2) is 0 Å². The fourth-order valence-electron chi connectivity index (χ4n) is 2.18. The van der Waals surface area contributed by atoms with Gasteiger partial charge >= 0.3 is 0 Å². The highest BCUT2D eigenvalue weighted by Crippen LogP contribution is 2.39. The minimum atomic E-state index is 0.153. The number of hydrogen-bond donors (Lipinski definition) is 0. The Morgan fingerprint density at radius 2 is 2.06 bits per heavy atom. The lowest BCUT2D eigenvalue weighted by molar-refractivity contribution is 0.0933. The number of ketones is 1. The van der Waals surface area contributed by atoms with Gasteiger partial charge in [0.05, 0.1) is 19.8 Å². The molecule has 2 rings (SSSR count). The summed E-state index contributed by atoms with van der Waals surface area (Å²) in [6, 6.07) is 3.57. The Hall–Kier alpha value is -1.03. The van der Waals surface area contributed by atoms with Crippen molar-refractivity contribution in [3.63, 3.8) is 0 Å². The third-order valence-electron chi connectivity index (χ3n) is 3.48. The summed E-state index contributed by atoms with van der Waals surface area (Å²) in [6.45, 7) is 0. The zero-order valence-electron chi connectivity index (χ0n) is 10.7. The highest BCUT2D eigenvalue weighted by molar-refractivity contribution is 9.10. The van der Waals surface area contributed by atoms with Gasteiger partial charge in [0.15, 0.2) is 5.78 Å². The molecule has 4 heteroatoms. The topological polar surface area (TPSA) is 35.5 Å². The first-order valence-electron chi connectivity index (χ1n) is 6.11. The van der Waals surface area contributed by atoms with Crippen LogP contribution in [0, 0.1) is 5.92 Å². The molecule has 0 aromatic heterocycles. The van der Waals surface area contributed by atoms with Crippen LogP contribution < -0.4 is 9.47 Å². The highest BCUT2D eigenvalue weighted by Gasteiger charge is 2.24. The Labute approximate surface area is 116 Å². The van der Waals surface area contributed by atoms with Gasteiger partial charge < -0.3 is 9.47 Å². The Kier molecular flexibility index (Phi) is 4.27. The highest BCUT2D eigenvalue weighted by atomic mass is 79.9. The van der Waals surface area contributed by atoms with Crippen LogP contribution in [0.4, 0.5) is 0 Å². The third kappa shape index (κ3) is 2.53. The van der Waals surface area contributed by atoms with Crippen molar-refractivity contribution in [2.75, 3.05) is 14.2 Å². The molecule has 0 radical (unpaired) electrons. The molecule has 0 amide bonds. The predicted molar refractivity (Wildman–Crippen MR) is 73.5 cm³/mol. The number of benzene rings is 1. The molecular formula is C14H17BrO3. The molecule has 0 N–H and O–H groups in total. The first kappa shape index (κ1) is 13.4. The summed E-state index contributed by atoms with van der Waals surface area (Å²) in [7, 11) is 3.16. The number of rotatable bonds is 5. The monoisotopic (exact) mass is 312 g/mol. The largest absolute Gasteiger partial charge is 0.495 e. The summed E-state index contributed by atoms with van der Waals surface area (Å²) >= 11 is 3.42. The van der Waals surface area contributed by atoms with Crippen LogP contribution in [0.5, 0.6) is 11.5 Å². The molecule has 0 spiro atoms. The van der Waals surface area contributed by atoms with E-state index in [9.17, 15) is 4.79 Å². The minimum Gasteiger partial charge on any atom is -0.495 e. The molecule has 0 bridgehead atoms. The number of halogens is 1. The second kappa shape index (κ2) is 5.74. The van der Waals surface area contributed by atoms with E-state index in [0.717, 1.165) is 0 Å². The van der Waals surface area contributed by atoms with Crippen LogP contribution >= 0.6 is 15.9 Å². The van der Waals surface area contributed by atoms with Gasteiger partial charge in [0.25, 0.3) is 0 Å². The molecule has 1 saturated carbocycles. The van der Waals surface area contributed by atoms with Gasteiger partial charge in [-0.1, -0.05) is 19.3 Å². The second-order valence-corrected chi connectivity index (χ2v) is 5.38. The molecule has 0 heterocycles. The molecule has 0 saturated heterocycles. The maximum Gasteiger partial charge on any atom is 0.166 e. The van der Waals surface area contributed by atoms with Crippen LogP contribution in [0.15, 0.2) is 16.6 Å². The Morgan fingerprint density at radius 3 is 2.56 bits per heavy atom. The molecule has 1 fully saturated rings. The molecule has 0 unspecified atom stereocenters. The van der Waals surface area contributed by atoms with E-state index in [2.05, 4.69) is 15.9 Å². The number of hydrogen-bond acceptors (Lipinski definition) is 3. The van der Waals surface area contributed by atoms with Crippen molar-refractivity contribution in [3.05, 3.63) is 22.2 Å². The number of carbonyl (C=O) groups excluding carboxylic acids is 1. The Balaban J connectivity index is 2.25. The summed E-state index contributed by atoms with van der Waals surface area (Å²) in [5.74, 6) is 1.95. The molecule has 3 nitrogen and oxygen atoms in total. The van der Waals surface area contributed by atoms with Crippen molar-refractivity contribution in [2.45, 2.75) is 25.7 Å². The lowest BCUT2D eigenvalue weighted by Gasteiger charge is -2.24. The van der Waals surface area contributed by atoms with E-state index in [4.69, 9.17) is 9.47 Å². The van der Waals surface area contributed by atoms with Crippen molar-refractivity contribution >= 4 is 21.7 Å². The smallest absolute Gasteiger partial charge is 0.166 e. The number of Topliss-reactive ketones (excluding diaryl/α,β-unsaturated/α-hetero) is 1. The van der Waals surface area contributed by atoms with E-state index in [1.807, 2.05) is 0 Å². The van der Waals surface area contributed by atoms with Crippen LogP contribution in [0.3, 0.4) is 0 Å². The predicted octanol–water partition coefficient (Wildman–Crippen LogP) is 3.84. The summed E-state index contributed by atoms with van der Waals surface area (Å²) in [5, 5.41) is 0. The van der Waals surface area contributed by atoms with E-state index in [1.54, 1.807) is 26.4 Å². The normalized spacial score (nSPS) is 15.1. The maximum absolute atomic E-state index is 12.2. The Bertz CT molecular complexity index is 453. The van der Waals surface area contributed by atoms with Gasteiger partial charge in [-0.3, -0.25) is 4.79 Å². The van der Waals surface area contributed by atoms with Crippen molar-refractivity contribution in [1.82, 2.24) is 0 Å². The number of carbonyl (C=O) groups is 1. The molecule has 18 heavy (non-hydrogen) atoms. The SMILES string of the molecule is COc1ccc(C(=O)CC2CCC2)c(OC)c1Br. The minimum absolute atomic E-state index is 0.153. The Morgan fingerprint density at radius 1 is 1.33 bits per heavy atom. The van der Waals surface area contributed by atoms with E-state index in [1.165, 1.54) is 19.3 Å². The second-order valence-electron chi connectivity index (χ2n) is 4.59. The average Bonchev–Trinajstić information content (AvgIpc) is 2.33. The van der Waals surface area contributed by atoms with Crippen LogP contribution in [0.1, 0.15) is 36.0 Å². The van der Waals surface area contributed by atoms with Crippen molar-refractivity contribution in [2.24, 2.45) is 5.92 Å². The molecular weight excluding hydrogens is 296 g/mol. The zero-order chi connectivity index (χ0) is 13.1. The summed E-state index contributed by atoms with van der Waals surface area (Å²) in [6.07, 6.45) is 4.22. The third-order valence-corrected chi connectivity index (χ3v) is 4.24. The van der Waals surface area contributed by atoms with E-state index < -0.39 is 0 Å². The van der Waals surface area contributed by atoms with Crippen LogP contribution in [0.2, 0.25) is 0 Å². The average molecular weight is 313 g/mol. The lowest BCUT2D eigenvalue weighted by atomic mass is 9.81. The van der Waals surface area contributed by atoms with Crippen molar-refractivity contribution in [3.8, 4) is 11.5 Å². The molecule has 1 aliphatic carbocycles. The standard InChI is InChI=1S/C14H17BrO3/c1-17-12-7-6-10(14(18-2)13(12)15)11(16)8-9-4-3-5-9/h6-7,9H,3-5,8H2,1-2H3. The quantitative estimate of drug-likeness (QED) is 0.775. The first-order chi connectivity index (χ1) is 8.67. The van der Waals surface area contributed by atoms with Gasteiger partial charge in [0, 0.05) is 6.42 Å². The summed E-state index contributed by atoms with van der Waals surface area (Å²) < 4.78 is 11.2. The van der Waals surface area contributed by atoms with Crippen molar-refractivity contribution in [1.29, 1.82) is 0 Å². The molecule has 1 aliphatic rings. The zero-order valence-corrected chi connectivity index (χ0v) is 12.2. The summed E-state index contributed by atoms with van der Waals surface area (Å²) in [5.41, 5.74) is 0.636. The van der Waals surface area contributed by atoms with Crippen molar-refractivity contribution < 1.29 is 14.3 Å². The molecule has 1 aromatic rings. The van der Waals surface area contributed by atoms with E-state index in [-0.39, 0.29) is 5.78 Å². The van der Waals surface area contributed by atoms with Gasteiger partial charge in [0.2, 0.25) is 0 Å². The number of ether oxygens (including phenoxy) is 2. The van der Waals surface area contributed by atoms with Crippen LogP contribution in [0.25, 0.3) is 0 Å². The van der Waals surface area contributed by atoms with Gasteiger partial charge in [-0.15, -0.1) is 0 Å². The maximum atomic E-state index is 12.2. The van der Waals surface area contributed by atoms with Gasteiger partial charge in [0.1, 0.15) is 16.0 Å². The fraction of sp³-hybridized carbons (Fsp3) is 0.500. The fourth-order valence-corrected chi connectivity index (χ4v) is 2.85. The molecule has 1 aromatic carbocycles. The molecule has 98 valence electrons. The van der Waals surface area contributed by atoms with Gasteiger partial charge in [-0.2, -0.15) is 0 Å². The van der Waals surface area contributed by atoms with Crippen LogP contribution in [-0.4, -0.2) is 20.0 Å².